The number of hydrogen-bond donors (Lipinski definition) is 0. The maximum Gasteiger partial charge on any atom is 0.0840 e. The smallest absolute Gasteiger partial charge is 0.0840 e. The van der Waals surface area contributed by atoms with Gasteiger partial charge in [0.15, 0.2) is 0 Å². The SMILES string of the molecule is CCc1ccccc1C(Cl)c1ccc(C)cc1C. The zero-order valence-electron chi connectivity index (χ0n) is 11.2. The second-order valence-electron chi connectivity index (χ2n) is 4.77. The lowest BCUT2D eigenvalue weighted by molar-refractivity contribution is 1.03. The van der Waals surface area contributed by atoms with E-state index >= 15 is 0 Å². The van der Waals surface area contributed by atoms with Crippen LogP contribution in [0.1, 0.15) is 40.1 Å². The number of halogens is 1. The molecule has 0 N–H and O–H groups in total. The molecule has 0 fully saturated rings. The van der Waals surface area contributed by atoms with Crippen molar-refractivity contribution in [2.24, 2.45) is 0 Å². The summed E-state index contributed by atoms with van der Waals surface area (Å²) < 4.78 is 0. The van der Waals surface area contributed by atoms with Gasteiger partial charge < -0.3 is 0 Å². The molecule has 2 rings (SSSR count). The first-order chi connectivity index (χ1) is 8.63. The van der Waals surface area contributed by atoms with Crippen LogP contribution in [0.4, 0.5) is 0 Å². The van der Waals surface area contributed by atoms with Crippen LogP contribution in [0.25, 0.3) is 0 Å². The van der Waals surface area contributed by atoms with E-state index in [1.54, 1.807) is 0 Å². The zero-order chi connectivity index (χ0) is 13.1. The average molecular weight is 259 g/mol. The summed E-state index contributed by atoms with van der Waals surface area (Å²) in [6.07, 6.45) is 1.02. The minimum absolute atomic E-state index is 0.0539. The molecule has 0 saturated heterocycles. The molecule has 0 saturated carbocycles. The highest BCUT2D eigenvalue weighted by molar-refractivity contribution is 6.22. The summed E-state index contributed by atoms with van der Waals surface area (Å²) in [5.41, 5.74) is 6.32. The lowest BCUT2D eigenvalue weighted by atomic mass is 9.94. The topological polar surface area (TPSA) is 0 Å². The van der Waals surface area contributed by atoms with Gasteiger partial charge in [-0.25, -0.2) is 0 Å². The van der Waals surface area contributed by atoms with Crippen molar-refractivity contribution in [3.05, 3.63) is 70.3 Å². The van der Waals surface area contributed by atoms with Gasteiger partial charge >= 0.3 is 0 Å². The molecule has 0 aromatic heterocycles. The fourth-order valence-electron chi connectivity index (χ4n) is 2.38. The molecule has 0 aliphatic carbocycles. The predicted octanol–water partition coefficient (Wildman–Crippen LogP) is 5.19. The van der Waals surface area contributed by atoms with Crippen LogP contribution >= 0.6 is 11.6 Å². The van der Waals surface area contributed by atoms with Crippen molar-refractivity contribution in [2.75, 3.05) is 0 Å². The van der Waals surface area contributed by atoms with Crippen molar-refractivity contribution in [2.45, 2.75) is 32.6 Å². The van der Waals surface area contributed by atoms with E-state index in [4.69, 9.17) is 11.6 Å². The lowest BCUT2D eigenvalue weighted by Crippen LogP contribution is -2.00. The maximum atomic E-state index is 6.67. The van der Waals surface area contributed by atoms with E-state index in [2.05, 4.69) is 63.2 Å². The third-order valence-corrected chi connectivity index (χ3v) is 3.88. The van der Waals surface area contributed by atoms with Crippen LogP contribution in [0.2, 0.25) is 0 Å². The molecule has 18 heavy (non-hydrogen) atoms. The van der Waals surface area contributed by atoms with Crippen LogP contribution in [0.5, 0.6) is 0 Å². The number of hydrogen-bond acceptors (Lipinski definition) is 0. The molecule has 0 aliphatic rings. The summed E-state index contributed by atoms with van der Waals surface area (Å²) in [4.78, 5) is 0. The van der Waals surface area contributed by atoms with E-state index in [-0.39, 0.29) is 5.38 Å². The van der Waals surface area contributed by atoms with Crippen molar-refractivity contribution >= 4 is 11.6 Å². The summed E-state index contributed by atoms with van der Waals surface area (Å²) in [5, 5.41) is -0.0539. The average Bonchev–Trinajstić information content (AvgIpc) is 2.38. The molecule has 2 aromatic carbocycles. The highest BCUT2D eigenvalue weighted by Gasteiger charge is 2.15. The van der Waals surface area contributed by atoms with E-state index < -0.39 is 0 Å². The quantitative estimate of drug-likeness (QED) is 0.665. The lowest BCUT2D eigenvalue weighted by Gasteiger charge is -2.17. The molecule has 0 aliphatic heterocycles. The molecule has 0 heterocycles. The van der Waals surface area contributed by atoms with Crippen molar-refractivity contribution in [1.82, 2.24) is 0 Å². The van der Waals surface area contributed by atoms with Gasteiger partial charge in [-0.05, 0) is 42.5 Å². The summed E-state index contributed by atoms with van der Waals surface area (Å²) in [5.74, 6) is 0. The Morgan fingerprint density at radius 1 is 1.00 bits per heavy atom. The molecule has 1 heteroatoms. The predicted molar refractivity (Wildman–Crippen MR) is 79.4 cm³/mol. The van der Waals surface area contributed by atoms with Gasteiger partial charge in [0.2, 0.25) is 0 Å². The van der Waals surface area contributed by atoms with E-state index in [1.165, 1.54) is 27.8 Å². The second kappa shape index (κ2) is 5.58. The van der Waals surface area contributed by atoms with Crippen LogP contribution in [0, 0.1) is 13.8 Å². The Hall–Kier alpha value is -1.27. The molecule has 0 bridgehead atoms. The van der Waals surface area contributed by atoms with Crippen molar-refractivity contribution in [3.63, 3.8) is 0 Å². The normalized spacial score (nSPS) is 12.4. The number of rotatable bonds is 3. The molecule has 0 spiro atoms. The van der Waals surface area contributed by atoms with Gasteiger partial charge in [0, 0.05) is 0 Å². The maximum absolute atomic E-state index is 6.67. The van der Waals surface area contributed by atoms with Crippen molar-refractivity contribution < 1.29 is 0 Å². The molecule has 94 valence electrons. The summed E-state index contributed by atoms with van der Waals surface area (Å²) in [7, 11) is 0. The Balaban J connectivity index is 2.44. The van der Waals surface area contributed by atoms with Crippen LogP contribution in [0.15, 0.2) is 42.5 Å². The van der Waals surface area contributed by atoms with Crippen LogP contribution in [-0.2, 0) is 6.42 Å². The molecule has 2 aromatic rings. The van der Waals surface area contributed by atoms with Crippen molar-refractivity contribution in [1.29, 1.82) is 0 Å². The summed E-state index contributed by atoms with van der Waals surface area (Å²) in [6.45, 7) is 6.41. The zero-order valence-corrected chi connectivity index (χ0v) is 12.0. The van der Waals surface area contributed by atoms with Gasteiger partial charge in [-0.15, -0.1) is 11.6 Å². The fraction of sp³-hybridized carbons (Fsp3) is 0.294. The van der Waals surface area contributed by atoms with Crippen molar-refractivity contribution in [3.8, 4) is 0 Å². The largest absolute Gasteiger partial charge is 0.113 e. The molecule has 0 amide bonds. The fourth-order valence-corrected chi connectivity index (χ4v) is 2.84. The Labute approximate surface area is 115 Å². The molecular weight excluding hydrogens is 240 g/mol. The van der Waals surface area contributed by atoms with Gasteiger partial charge in [-0.3, -0.25) is 0 Å². The first-order valence-corrected chi connectivity index (χ1v) is 6.86. The number of aryl methyl sites for hydroxylation is 3. The third kappa shape index (κ3) is 2.59. The first kappa shape index (κ1) is 13.2. The Morgan fingerprint density at radius 2 is 1.72 bits per heavy atom. The Morgan fingerprint density at radius 3 is 2.39 bits per heavy atom. The third-order valence-electron chi connectivity index (χ3n) is 3.41. The van der Waals surface area contributed by atoms with Crippen LogP contribution < -0.4 is 0 Å². The molecule has 0 radical (unpaired) electrons. The summed E-state index contributed by atoms with van der Waals surface area (Å²) >= 11 is 6.67. The molecule has 0 nitrogen and oxygen atoms in total. The number of alkyl halides is 1. The van der Waals surface area contributed by atoms with E-state index in [0.29, 0.717) is 0 Å². The van der Waals surface area contributed by atoms with Gasteiger partial charge in [-0.1, -0.05) is 55.0 Å². The summed E-state index contributed by atoms with van der Waals surface area (Å²) in [6, 6.07) is 14.9. The second-order valence-corrected chi connectivity index (χ2v) is 5.21. The standard InChI is InChI=1S/C17H19Cl/c1-4-14-7-5-6-8-16(14)17(18)15-10-9-12(2)11-13(15)3/h5-11,17H,4H2,1-3H3. The monoisotopic (exact) mass is 258 g/mol. The van der Waals surface area contributed by atoms with E-state index in [0.717, 1.165) is 6.42 Å². The van der Waals surface area contributed by atoms with E-state index in [9.17, 15) is 0 Å². The van der Waals surface area contributed by atoms with E-state index in [1.807, 2.05) is 0 Å². The van der Waals surface area contributed by atoms with Crippen LogP contribution in [0.3, 0.4) is 0 Å². The molecular formula is C17H19Cl. The van der Waals surface area contributed by atoms with Gasteiger partial charge in [0.25, 0.3) is 0 Å². The Bertz CT molecular complexity index is 543. The Kier molecular flexibility index (Phi) is 4.08. The molecule has 1 unspecified atom stereocenters. The highest BCUT2D eigenvalue weighted by Crippen LogP contribution is 2.33. The number of benzene rings is 2. The molecule has 1 atom stereocenters. The first-order valence-electron chi connectivity index (χ1n) is 6.42. The minimum Gasteiger partial charge on any atom is -0.113 e. The van der Waals surface area contributed by atoms with Gasteiger partial charge in [0.1, 0.15) is 0 Å². The van der Waals surface area contributed by atoms with Crippen LogP contribution in [-0.4, -0.2) is 0 Å². The minimum atomic E-state index is -0.0539. The van der Waals surface area contributed by atoms with Gasteiger partial charge in [-0.2, -0.15) is 0 Å². The highest BCUT2D eigenvalue weighted by atomic mass is 35.5. The van der Waals surface area contributed by atoms with Gasteiger partial charge in [0.05, 0.1) is 5.38 Å².